The molecule has 0 aromatic carbocycles. The van der Waals surface area contributed by atoms with Crippen LogP contribution in [0.4, 0.5) is 0 Å². The monoisotopic (exact) mass is 308 g/mol. The molecule has 21 heavy (non-hydrogen) atoms. The number of rotatable bonds is 7. The van der Waals surface area contributed by atoms with Gasteiger partial charge >= 0.3 is 0 Å². The van der Waals surface area contributed by atoms with Gasteiger partial charge in [0.05, 0.1) is 6.54 Å². The molecule has 2 rings (SSSR count). The van der Waals surface area contributed by atoms with Crippen LogP contribution in [0.15, 0.2) is 12.1 Å². The number of hydrogen-bond donors (Lipinski definition) is 1. The largest absolute Gasteiger partial charge is 0.320 e. The van der Waals surface area contributed by atoms with Crippen LogP contribution >= 0.6 is 11.3 Å². The van der Waals surface area contributed by atoms with Gasteiger partial charge in [0.25, 0.3) is 0 Å². The Balaban J connectivity index is 2.03. The molecule has 0 spiro atoms. The van der Waals surface area contributed by atoms with E-state index in [1.54, 1.807) is 11.3 Å². The molecule has 4 heteroatoms. The van der Waals surface area contributed by atoms with Crippen LogP contribution in [0.2, 0.25) is 0 Å². The quantitative estimate of drug-likeness (QED) is 0.769. The molecule has 0 bridgehead atoms. The predicted octanol–water partition coefficient (Wildman–Crippen LogP) is 4.09. The molecule has 0 aliphatic carbocycles. The Hall–Kier alpha value is -0.870. The second-order valence-electron chi connectivity index (χ2n) is 6.87. The van der Waals surface area contributed by atoms with E-state index in [1.165, 1.54) is 35.4 Å². The molecule has 1 aromatic heterocycles. The lowest BCUT2D eigenvalue weighted by Gasteiger charge is -2.33. The van der Waals surface area contributed by atoms with E-state index < -0.39 is 0 Å². The van der Waals surface area contributed by atoms with Crippen LogP contribution in [0.1, 0.15) is 62.4 Å². The highest BCUT2D eigenvalue weighted by molar-refractivity contribution is 7.12. The van der Waals surface area contributed by atoms with Crippen molar-refractivity contribution in [2.45, 2.75) is 59.5 Å². The first-order valence-corrected chi connectivity index (χ1v) is 8.84. The minimum Gasteiger partial charge on any atom is -0.320 e. The van der Waals surface area contributed by atoms with Crippen molar-refractivity contribution in [3.63, 3.8) is 0 Å². The van der Waals surface area contributed by atoms with Gasteiger partial charge in [0, 0.05) is 16.3 Å². The summed E-state index contributed by atoms with van der Waals surface area (Å²) < 4.78 is 0. The highest BCUT2D eigenvalue weighted by Gasteiger charge is 2.35. The maximum Gasteiger partial charge on any atom is 0.238 e. The minimum absolute atomic E-state index is 0.0710. The summed E-state index contributed by atoms with van der Waals surface area (Å²) in [6, 6.07) is 4.28. The summed E-state index contributed by atoms with van der Waals surface area (Å²) in [7, 11) is 0. The maximum absolute atomic E-state index is 12.2. The van der Waals surface area contributed by atoms with Crippen LogP contribution in [0, 0.1) is 12.3 Å². The summed E-state index contributed by atoms with van der Waals surface area (Å²) in [4.78, 5) is 16.8. The smallest absolute Gasteiger partial charge is 0.238 e. The number of thiophene rings is 1. The lowest BCUT2D eigenvalue weighted by molar-refractivity contribution is -0.129. The van der Waals surface area contributed by atoms with Crippen LogP contribution in [0.5, 0.6) is 0 Å². The zero-order valence-electron chi connectivity index (χ0n) is 13.7. The molecule has 118 valence electrons. The number of amides is 1. The van der Waals surface area contributed by atoms with Crippen LogP contribution < -0.4 is 5.32 Å². The van der Waals surface area contributed by atoms with Crippen molar-refractivity contribution in [2.24, 2.45) is 5.41 Å². The molecule has 1 N–H and O–H groups in total. The third kappa shape index (κ3) is 4.30. The van der Waals surface area contributed by atoms with Gasteiger partial charge in [-0.05, 0) is 30.9 Å². The van der Waals surface area contributed by atoms with E-state index in [0.29, 0.717) is 6.54 Å². The van der Waals surface area contributed by atoms with Gasteiger partial charge in [0.15, 0.2) is 0 Å². The average molecular weight is 308 g/mol. The topological polar surface area (TPSA) is 32.3 Å². The molecule has 1 fully saturated rings. The third-order valence-corrected chi connectivity index (χ3v) is 5.22. The standard InChI is InChI=1S/C17H28N2OS/c1-5-6-7-10-17(3,4)12-19-15(20)11-18-16(19)14-9-8-13(2)21-14/h8-9,16,18H,5-7,10-12H2,1-4H3. The van der Waals surface area contributed by atoms with Crippen molar-refractivity contribution in [3.8, 4) is 0 Å². The fourth-order valence-corrected chi connectivity index (χ4v) is 3.93. The van der Waals surface area contributed by atoms with Gasteiger partial charge in [-0.15, -0.1) is 11.3 Å². The van der Waals surface area contributed by atoms with Crippen molar-refractivity contribution < 1.29 is 4.79 Å². The normalized spacial score (nSPS) is 19.5. The van der Waals surface area contributed by atoms with Gasteiger partial charge in [-0.1, -0.05) is 40.0 Å². The second-order valence-corrected chi connectivity index (χ2v) is 8.19. The molecule has 1 amide bonds. The number of nitrogens with one attached hydrogen (secondary N) is 1. The van der Waals surface area contributed by atoms with Gasteiger partial charge in [0.1, 0.15) is 6.17 Å². The van der Waals surface area contributed by atoms with Gasteiger partial charge in [-0.3, -0.25) is 10.1 Å². The Morgan fingerprint density at radius 1 is 1.38 bits per heavy atom. The molecule has 1 aliphatic heterocycles. The lowest BCUT2D eigenvalue weighted by Crippen LogP contribution is -2.38. The molecular weight excluding hydrogens is 280 g/mol. The van der Waals surface area contributed by atoms with Gasteiger partial charge < -0.3 is 4.90 Å². The summed E-state index contributed by atoms with van der Waals surface area (Å²) >= 11 is 1.78. The van der Waals surface area contributed by atoms with E-state index in [9.17, 15) is 4.79 Å². The van der Waals surface area contributed by atoms with E-state index in [1.807, 2.05) is 4.90 Å². The number of unbranched alkanes of at least 4 members (excludes halogenated alkanes) is 2. The molecule has 1 aliphatic rings. The molecule has 0 saturated carbocycles. The summed E-state index contributed by atoms with van der Waals surface area (Å²) in [5.41, 5.74) is 0.182. The Bertz CT molecular complexity index is 481. The van der Waals surface area contributed by atoms with Crippen molar-refractivity contribution in [3.05, 3.63) is 21.9 Å². The Kier molecular flexibility index (Phi) is 5.44. The van der Waals surface area contributed by atoms with E-state index in [0.717, 1.165) is 6.54 Å². The molecule has 2 heterocycles. The van der Waals surface area contributed by atoms with Gasteiger partial charge in [0.2, 0.25) is 5.91 Å². The summed E-state index contributed by atoms with van der Waals surface area (Å²) in [5, 5.41) is 3.36. The Morgan fingerprint density at radius 3 is 2.76 bits per heavy atom. The number of carbonyl (C=O) groups is 1. The van der Waals surface area contributed by atoms with Crippen molar-refractivity contribution >= 4 is 17.2 Å². The fourth-order valence-electron chi connectivity index (χ4n) is 2.97. The van der Waals surface area contributed by atoms with E-state index >= 15 is 0 Å². The van der Waals surface area contributed by atoms with Crippen LogP contribution in [0.25, 0.3) is 0 Å². The van der Waals surface area contributed by atoms with Crippen LogP contribution in [-0.4, -0.2) is 23.9 Å². The van der Waals surface area contributed by atoms with Crippen molar-refractivity contribution in [1.82, 2.24) is 10.2 Å². The number of hydrogen-bond acceptors (Lipinski definition) is 3. The predicted molar refractivity (Wildman–Crippen MR) is 89.4 cm³/mol. The number of nitrogens with zero attached hydrogens (tertiary/aromatic N) is 1. The van der Waals surface area contributed by atoms with Crippen LogP contribution in [-0.2, 0) is 4.79 Å². The summed E-state index contributed by atoms with van der Waals surface area (Å²) in [5.74, 6) is 0.231. The zero-order valence-corrected chi connectivity index (χ0v) is 14.6. The zero-order chi connectivity index (χ0) is 15.5. The summed E-state index contributed by atoms with van der Waals surface area (Å²) in [6.07, 6.45) is 5.03. The van der Waals surface area contributed by atoms with Crippen molar-refractivity contribution in [1.29, 1.82) is 0 Å². The highest BCUT2D eigenvalue weighted by Crippen LogP contribution is 2.33. The first-order valence-electron chi connectivity index (χ1n) is 8.02. The van der Waals surface area contributed by atoms with E-state index in [2.05, 4.69) is 45.1 Å². The Morgan fingerprint density at radius 2 is 2.14 bits per heavy atom. The first-order chi connectivity index (χ1) is 9.93. The number of aryl methyl sites for hydroxylation is 1. The third-order valence-electron chi connectivity index (χ3n) is 4.16. The highest BCUT2D eigenvalue weighted by atomic mass is 32.1. The van der Waals surface area contributed by atoms with Crippen molar-refractivity contribution in [2.75, 3.05) is 13.1 Å². The number of carbonyl (C=O) groups excluding carboxylic acids is 1. The molecule has 3 nitrogen and oxygen atoms in total. The molecule has 1 atom stereocenters. The van der Waals surface area contributed by atoms with Crippen LogP contribution in [0.3, 0.4) is 0 Å². The maximum atomic E-state index is 12.2. The molecule has 1 unspecified atom stereocenters. The van der Waals surface area contributed by atoms with E-state index in [4.69, 9.17) is 0 Å². The summed E-state index contributed by atoms with van der Waals surface area (Å²) in [6.45, 7) is 10.2. The SMILES string of the molecule is CCCCCC(C)(C)CN1C(=O)CNC1c1ccc(C)s1. The molecular formula is C17H28N2OS. The average Bonchev–Trinajstić information content (AvgIpc) is 2.97. The molecule has 1 aromatic rings. The van der Waals surface area contributed by atoms with Gasteiger partial charge in [-0.2, -0.15) is 0 Å². The van der Waals surface area contributed by atoms with E-state index in [-0.39, 0.29) is 17.5 Å². The first kappa shape index (κ1) is 16.5. The minimum atomic E-state index is 0.0710. The Labute approximate surface area is 132 Å². The molecule has 0 radical (unpaired) electrons. The lowest BCUT2D eigenvalue weighted by atomic mass is 9.86. The fraction of sp³-hybridized carbons (Fsp3) is 0.706. The second kappa shape index (κ2) is 6.93. The molecule has 1 saturated heterocycles. The van der Waals surface area contributed by atoms with Gasteiger partial charge in [-0.25, -0.2) is 0 Å².